The van der Waals surface area contributed by atoms with Crippen LogP contribution in [0, 0.1) is 0 Å². The first-order valence-electron chi connectivity index (χ1n) is 6.47. The van der Waals surface area contributed by atoms with E-state index in [2.05, 4.69) is 5.10 Å². The number of benzene rings is 1. The molecule has 1 atom stereocenters. The monoisotopic (exact) mass is 281 g/mol. The van der Waals surface area contributed by atoms with Crippen LogP contribution in [0.4, 0.5) is 13.2 Å². The summed E-state index contributed by atoms with van der Waals surface area (Å²) >= 11 is 0. The predicted molar refractivity (Wildman–Crippen MR) is 68.4 cm³/mol. The van der Waals surface area contributed by atoms with E-state index in [9.17, 15) is 13.2 Å². The van der Waals surface area contributed by atoms with Gasteiger partial charge in [0.1, 0.15) is 0 Å². The van der Waals surface area contributed by atoms with Gasteiger partial charge in [-0.3, -0.25) is 0 Å². The molecule has 0 saturated carbocycles. The zero-order valence-corrected chi connectivity index (χ0v) is 10.7. The van der Waals surface area contributed by atoms with Gasteiger partial charge in [-0.1, -0.05) is 6.07 Å². The van der Waals surface area contributed by atoms with Gasteiger partial charge in [0.2, 0.25) is 0 Å². The topological polar surface area (TPSA) is 43.8 Å². The molecule has 0 bridgehead atoms. The van der Waals surface area contributed by atoms with E-state index < -0.39 is 11.7 Å². The van der Waals surface area contributed by atoms with E-state index in [0.717, 1.165) is 42.7 Å². The number of nitrogens with two attached hydrogens (primary N) is 1. The third-order valence-electron chi connectivity index (χ3n) is 3.65. The van der Waals surface area contributed by atoms with Crippen molar-refractivity contribution in [2.24, 2.45) is 5.73 Å². The van der Waals surface area contributed by atoms with Crippen LogP contribution in [0.2, 0.25) is 0 Å². The fourth-order valence-corrected chi connectivity index (χ4v) is 2.63. The quantitative estimate of drug-likeness (QED) is 0.872. The number of rotatable bonds is 1. The van der Waals surface area contributed by atoms with E-state index in [4.69, 9.17) is 5.73 Å². The molecule has 0 aliphatic heterocycles. The van der Waals surface area contributed by atoms with Crippen molar-refractivity contribution in [1.82, 2.24) is 9.78 Å². The molecule has 3 rings (SSSR count). The standard InChI is InChI=1S/C14H14F3N3/c15-14(16,17)9-3-1-4-10(7-9)20-13-6-2-5-12(18)11(13)8-19-20/h1,3-4,7-8,12H,2,5-6,18H2. The van der Waals surface area contributed by atoms with Gasteiger partial charge in [0.25, 0.3) is 0 Å². The van der Waals surface area contributed by atoms with Crippen LogP contribution in [-0.4, -0.2) is 9.78 Å². The van der Waals surface area contributed by atoms with Gasteiger partial charge in [-0.25, -0.2) is 4.68 Å². The maximum atomic E-state index is 12.8. The molecule has 106 valence electrons. The summed E-state index contributed by atoms with van der Waals surface area (Å²) < 4.78 is 39.9. The molecule has 0 spiro atoms. The van der Waals surface area contributed by atoms with Gasteiger partial charge < -0.3 is 5.73 Å². The summed E-state index contributed by atoms with van der Waals surface area (Å²) in [4.78, 5) is 0. The Morgan fingerprint density at radius 3 is 2.85 bits per heavy atom. The highest BCUT2D eigenvalue weighted by molar-refractivity contribution is 5.40. The van der Waals surface area contributed by atoms with E-state index >= 15 is 0 Å². The van der Waals surface area contributed by atoms with Crippen LogP contribution in [0.3, 0.4) is 0 Å². The Bertz CT molecular complexity index is 631. The molecule has 1 aromatic heterocycles. The van der Waals surface area contributed by atoms with Crippen LogP contribution in [-0.2, 0) is 12.6 Å². The Labute approximate surface area is 114 Å². The summed E-state index contributed by atoms with van der Waals surface area (Å²) in [5, 5.41) is 4.21. The van der Waals surface area contributed by atoms with Crippen LogP contribution >= 0.6 is 0 Å². The predicted octanol–water partition coefficient (Wildman–Crippen LogP) is 3.23. The highest BCUT2D eigenvalue weighted by Gasteiger charge is 2.31. The SMILES string of the molecule is NC1CCCc2c1cnn2-c1cccc(C(F)(F)F)c1. The van der Waals surface area contributed by atoms with Crippen LogP contribution in [0.1, 0.15) is 35.7 Å². The second kappa shape index (κ2) is 4.63. The normalized spacial score (nSPS) is 18.9. The third kappa shape index (κ3) is 2.20. The second-order valence-electron chi connectivity index (χ2n) is 5.01. The fraction of sp³-hybridized carbons (Fsp3) is 0.357. The van der Waals surface area contributed by atoms with Gasteiger partial charge >= 0.3 is 6.18 Å². The average molecular weight is 281 g/mol. The summed E-state index contributed by atoms with van der Waals surface area (Å²) in [6, 6.07) is 5.13. The Balaban J connectivity index is 2.06. The van der Waals surface area contributed by atoms with Gasteiger partial charge in [0.15, 0.2) is 0 Å². The van der Waals surface area contributed by atoms with E-state index in [0.29, 0.717) is 5.69 Å². The number of alkyl halides is 3. The number of aromatic nitrogens is 2. The van der Waals surface area contributed by atoms with Crippen molar-refractivity contribution in [1.29, 1.82) is 0 Å². The summed E-state index contributed by atoms with van der Waals surface area (Å²) in [6.07, 6.45) is -0.0710. The molecule has 1 heterocycles. The first kappa shape index (κ1) is 13.2. The number of nitrogens with zero attached hydrogens (tertiary/aromatic N) is 2. The molecule has 6 heteroatoms. The van der Waals surface area contributed by atoms with Gasteiger partial charge in [-0.15, -0.1) is 0 Å². The van der Waals surface area contributed by atoms with E-state index in [1.165, 1.54) is 6.07 Å². The molecule has 0 fully saturated rings. The molecule has 0 saturated heterocycles. The number of fused-ring (bicyclic) bond motifs is 1. The summed E-state index contributed by atoms with van der Waals surface area (Å²) in [5.41, 5.74) is 7.62. The summed E-state index contributed by atoms with van der Waals surface area (Å²) in [6.45, 7) is 0. The molecular formula is C14H14F3N3. The van der Waals surface area contributed by atoms with Crippen LogP contribution in [0.25, 0.3) is 5.69 Å². The molecule has 20 heavy (non-hydrogen) atoms. The fourth-order valence-electron chi connectivity index (χ4n) is 2.63. The number of hydrogen-bond donors (Lipinski definition) is 1. The van der Waals surface area contributed by atoms with Crippen LogP contribution in [0.15, 0.2) is 30.5 Å². The lowest BCUT2D eigenvalue weighted by Gasteiger charge is -2.19. The molecule has 0 radical (unpaired) electrons. The second-order valence-corrected chi connectivity index (χ2v) is 5.01. The summed E-state index contributed by atoms with van der Waals surface area (Å²) in [7, 11) is 0. The Kier molecular flexibility index (Phi) is 3.05. The zero-order chi connectivity index (χ0) is 14.3. The van der Waals surface area contributed by atoms with E-state index in [1.807, 2.05) is 0 Å². The molecule has 0 amide bonds. The van der Waals surface area contributed by atoms with Crippen LogP contribution < -0.4 is 5.73 Å². The lowest BCUT2D eigenvalue weighted by Crippen LogP contribution is -2.18. The number of halogens is 3. The third-order valence-corrected chi connectivity index (χ3v) is 3.65. The van der Waals surface area contributed by atoms with Crippen molar-refractivity contribution < 1.29 is 13.2 Å². The molecule has 1 aromatic carbocycles. The molecule has 2 N–H and O–H groups in total. The van der Waals surface area contributed by atoms with Crippen molar-refractivity contribution in [2.75, 3.05) is 0 Å². The zero-order valence-electron chi connectivity index (χ0n) is 10.7. The van der Waals surface area contributed by atoms with Crippen molar-refractivity contribution in [3.63, 3.8) is 0 Å². The molecular weight excluding hydrogens is 267 g/mol. The average Bonchev–Trinajstić information content (AvgIpc) is 2.83. The van der Waals surface area contributed by atoms with E-state index in [1.54, 1.807) is 16.9 Å². The Morgan fingerprint density at radius 2 is 2.10 bits per heavy atom. The van der Waals surface area contributed by atoms with Gasteiger partial charge in [0.05, 0.1) is 17.4 Å². The smallest absolute Gasteiger partial charge is 0.324 e. The van der Waals surface area contributed by atoms with Crippen molar-refractivity contribution >= 4 is 0 Å². The highest BCUT2D eigenvalue weighted by Crippen LogP contribution is 2.32. The van der Waals surface area contributed by atoms with Crippen LogP contribution in [0.5, 0.6) is 0 Å². The molecule has 3 nitrogen and oxygen atoms in total. The Hall–Kier alpha value is -1.82. The minimum Gasteiger partial charge on any atom is -0.324 e. The Morgan fingerprint density at radius 1 is 1.30 bits per heavy atom. The lowest BCUT2D eigenvalue weighted by molar-refractivity contribution is -0.137. The summed E-state index contributed by atoms with van der Waals surface area (Å²) in [5.74, 6) is 0. The largest absolute Gasteiger partial charge is 0.416 e. The maximum absolute atomic E-state index is 12.8. The lowest BCUT2D eigenvalue weighted by atomic mass is 9.94. The molecule has 1 unspecified atom stereocenters. The number of hydrogen-bond acceptors (Lipinski definition) is 2. The molecule has 1 aliphatic carbocycles. The molecule has 2 aromatic rings. The van der Waals surface area contributed by atoms with Gasteiger partial charge in [0, 0.05) is 17.3 Å². The van der Waals surface area contributed by atoms with Crippen molar-refractivity contribution in [3.05, 3.63) is 47.3 Å². The van der Waals surface area contributed by atoms with Gasteiger partial charge in [-0.2, -0.15) is 18.3 Å². The highest BCUT2D eigenvalue weighted by atomic mass is 19.4. The van der Waals surface area contributed by atoms with Gasteiger partial charge in [-0.05, 0) is 37.5 Å². The van der Waals surface area contributed by atoms with Crippen molar-refractivity contribution in [3.8, 4) is 5.69 Å². The first-order chi connectivity index (χ1) is 9.47. The van der Waals surface area contributed by atoms with Crippen molar-refractivity contribution in [2.45, 2.75) is 31.5 Å². The first-order valence-corrected chi connectivity index (χ1v) is 6.47. The molecule has 1 aliphatic rings. The minimum atomic E-state index is -4.35. The maximum Gasteiger partial charge on any atom is 0.416 e. The minimum absolute atomic E-state index is 0.0710. The van der Waals surface area contributed by atoms with E-state index in [-0.39, 0.29) is 6.04 Å².